The first kappa shape index (κ1) is 12.1. The van der Waals surface area contributed by atoms with Crippen LogP contribution in [0.25, 0.3) is 0 Å². The Kier molecular flexibility index (Phi) is 2.73. The summed E-state index contributed by atoms with van der Waals surface area (Å²) in [7, 11) is -2.23. The second-order valence-electron chi connectivity index (χ2n) is 4.20. The molecule has 0 spiro atoms. The maximum Gasteiger partial charge on any atom is 0.194 e. The van der Waals surface area contributed by atoms with Gasteiger partial charge in [0, 0.05) is 0 Å². The van der Waals surface area contributed by atoms with Crippen LogP contribution in [0.2, 0.25) is 0 Å². The molecule has 0 amide bonds. The van der Waals surface area contributed by atoms with Crippen LogP contribution in [0.15, 0.2) is 29.2 Å². The zero-order valence-corrected chi connectivity index (χ0v) is 10.6. The number of ketones is 1. The Labute approximate surface area is 101 Å². The van der Waals surface area contributed by atoms with Gasteiger partial charge in [0.25, 0.3) is 0 Å². The number of methoxy groups -OCH3 is 1. The minimum absolute atomic E-state index is 0.107. The molecule has 1 aliphatic rings. The summed E-state index contributed by atoms with van der Waals surface area (Å²) in [5.41, 5.74) is 0. The summed E-state index contributed by atoms with van der Waals surface area (Å²) in [5.74, 6) is 0.00318. The molecule has 0 atom stereocenters. The van der Waals surface area contributed by atoms with Crippen LogP contribution >= 0.6 is 0 Å². The highest BCUT2D eigenvalue weighted by Crippen LogP contribution is 2.49. The van der Waals surface area contributed by atoms with Gasteiger partial charge in [0.2, 0.25) is 0 Å². The third-order valence-electron chi connectivity index (χ3n) is 3.22. The molecule has 0 aliphatic heterocycles. The van der Waals surface area contributed by atoms with Crippen LogP contribution in [0.1, 0.15) is 19.8 Å². The van der Waals surface area contributed by atoms with Crippen LogP contribution in [0.5, 0.6) is 5.75 Å². The zero-order chi connectivity index (χ0) is 12.7. The van der Waals surface area contributed by atoms with Crippen molar-refractivity contribution in [3.8, 4) is 5.75 Å². The summed E-state index contributed by atoms with van der Waals surface area (Å²) < 4.78 is 28.7. The summed E-state index contributed by atoms with van der Waals surface area (Å²) in [6.45, 7) is 1.33. The predicted molar refractivity (Wildman–Crippen MR) is 62.8 cm³/mol. The first-order chi connectivity index (χ1) is 7.95. The molecule has 1 saturated carbocycles. The molecule has 0 heterocycles. The van der Waals surface area contributed by atoms with Crippen molar-refractivity contribution in [3.63, 3.8) is 0 Å². The number of para-hydroxylation sites is 1. The van der Waals surface area contributed by atoms with Crippen molar-refractivity contribution < 1.29 is 17.9 Å². The molecule has 0 saturated heterocycles. The monoisotopic (exact) mass is 254 g/mol. The molecule has 92 valence electrons. The van der Waals surface area contributed by atoms with Gasteiger partial charge in [-0.3, -0.25) is 4.79 Å². The van der Waals surface area contributed by atoms with E-state index < -0.39 is 14.6 Å². The van der Waals surface area contributed by atoms with Crippen LogP contribution in [-0.4, -0.2) is 26.1 Å². The Morgan fingerprint density at radius 3 is 2.35 bits per heavy atom. The molecule has 1 aliphatic carbocycles. The minimum Gasteiger partial charge on any atom is -0.495 e. The molecule has 4 nitrogen and oxygen atoms in total. The lowest BCUT2D eigenvalue weighted by atomic mass is 10.3. The minimum atomic E-state index is -3.64. The van der Waals surface area contributed by atoms with Gasteiger partial charge >= 0.3 is 0 Å². The van der Waals surface area contributed by atoms with Gasteiger partial charge in [-0.15, -0.1) is 0 Å². The fraction of sp³-hybridized carbons (Fsp3) is 0.417. The van der Waals surface area contributed by atoms with Gasteiger partial charge < -0.3 is 4.74 Å². The van der Waals surface area contributed by atoms with Gasteiger partial charge in [0.05, 0.1) is 7.11 Å². The first-order valence-electron chi connectivity index (χ1n) is 5.34. The second-order valence-corrected chi connectivity index (χ2v) is 6.43. The smallest absolute Gasteiger partial charge is 0.194 e. The maximum absolute atomic E-state index is 12.4. The highest BCUT2D eigenvalue weighted by atomic mass is 32.2. The number of benzene rings is 1. The van der Waals surface area contributed by atoms with Gasteiger partial charge in [-0.1, -0.05) is 12.1 Å². The van der Waals surface area contributed by atoms with E-state index in [0.29, 0.717) is 18.6 Å². The van der Waals surface area contributed by atoms with E-state index in [1.54, 1.807) is 18.2 Å². The van der Waals surface area contributed by atoms with E-state index in [1.165, 1.54) is 20.1 Å². The zero-order valence-electron chi connectivity index (χ0n) is 9.76. The summed E-state index contributed by atoms with van der Waals surface area (Å²) in [5, 5.41) is 0. The molecule has 0 radical (unpaired) electrons. The van der Waals surface area contributed by atoms with Crippen LogP contribution in [0, 0.1) is 0 Å². The molecule has 1 fully saturated rings. The summed E-state index contributed by atoms with van der Waals surface area (Å²) >= 11 is 0. The molecular formula is C12H14O4S. The lowest BCUT2D eigenvalue weighted by Crippen LogP contribution is -2.31. The number of hydrogen-bond donors (Lipinski definition) is 0. The van der Waals surface area contributed by atoms with Crippen LogP contribution in [0.3, 0.4) is 0 Å². The predicted octanol–water partition coefficient (Wildman–Crippen LogP) is 1.59. The van der Waals surface area contributed by atoms with Gasteiger partial charge in [0.15, 0.2) is 15.6 Å². The molecule has 0 bridgehead atoms. The Morgan fingerprint density at radius 1 is 1.29 bits per heavy atom. The Balaban J connectivity index is 2.57. The summed E-state index contributed by atoms with van der Waals surface area (Å²) in [6.07, 6.45) is 0.811. The van der Waals surface area contributed by atoms with Crippen molar-refractivity contribution in [1.82, 2.24) is 0 Å². The molecule has 1 aromatic rings. The average Bonchev–Trinajstić information content (AvgIpc) is 3.10. The third kappa shape index (κ3) is 1.65. The normalized spacial score (nSPS) is 17.5. The maximum atomic E-state index is 12.4. The Hall–Kier alpha value is -1.36. The van der Waals surface area contributed by atoms with Gasteiger partial charge in [-0.05, 0) is 31.9 Å². The van der Waals surface area contributed by atoms with E-state index in [4.69, 9.17) is 4.74 Å². The molecule has 0 N–H and O–H groups in total. The van der Waals surface area contributed by atoms with Gasteiger partial charge in [0.1, 0.15) is 15.4 Å². The summed E-state index contributed by atoms with van der Waals surface area (Å²) in [6, 6.07) is 6.40. The second kappa shape index (κ2) is 3.84. The Morgan fingerprint density at radius 2 is 1.88 bits per heavy atom. The number of ether oxygens (including phenoxy) is 1. The molecule has 0 aromatic heterocycles. The molecule has 1 aromatic carbocycles. The quantitative estimate of drug-likeness (QED) is 0.818. The topological polar surface area (TPSA) is 60.4 Å². The molecule has 17 heavy (non-hydrogen) atoms. The van der Waals surface area contributed by atoms with E-state index in [0.717, 1.165) is 0 Å². The largest absolute Gasteiger partial charge is 0.495 e. The molecule has 0 unspecified atom stereocenters. The first-order valence-corrected chi connectivity index (χ1v) is 6.83. The Bertz CT molecular complexity index is 556. The van der Waals surface area contributed by atoms with Crippen molar-refractivity contribution in [3.05, 3.63) is 24.3 Å². The lowest BCUT2D eigenvalue weighted by Gasteiger charge is -2.15. The van der Waals surface area contributed by atoms with Gasteiger partial charge in [-0.25, -0.2) is 8.42 Å². The number of hydrogen-bond acceptors (Lipinski definition) is 4. The number of rotatable bonds is 4. The van der Waals surface area contributed by atoms with Crippen molar-refractivity contribution in [1.29, 1.82) is 0 Å². The highest BCUT2D eigenvalue weighted by molar-refractivity contribution is 7.94. The molecule has 2 rings (SSSR count). The summed E-state index contributed by atoms with van der Waals surface area (Å²) in [4.78, 5) is 11.6. The third-order valence-corrected chi connectivity index (χ3v) is 5.86. The van der Waals surface area contributed by atoms with E-state index >= 15 is 0 Å². The SMILES string of the molecule is COc1ccccc1S(=O)(=O)C1(C(C)=O)CC1. The fourth-order valence-corrected chi connectivity index (χ4v) is 4.09. The van der Waals surface area contributed by atoms with Crippen LogP contribution in [0.4, 0.5) is 0 Å². The highest BCUT2D eigenvalue weighted by Gasteiger charge is 2.59. The average molecular weight is 254 g/mol. The number of carbonyl (C=O) groups excluding carboxylic acids is 1. The standard InChI is InChI=1S/C12H14O4S/c1-9(13)12(7-8-12)17(14,15)11-6-4-3-5-10(11)16-2/h3-6H,7-8H2,1-2H3. The number of sulfone groups is 1. The van der Waals surface area contributed by atoms with Crippen LogP contribution < -0.4 is 4.74 Å². The van der Waals surface area contributed by atoms with Crippen molar-refractivity contribution in [2.75, 3.05) is 7.11 Å². The van der Waals surface area contributed by atoms with Crippen molar-refractivity contribution >= 4 is 15.6 Å². The van der Waals surface area contributed by atoms with Gasteiger partial charge in [-0.2, -0.15) is 0 Å². The van der Waals surface area contributed by atoms with E-state index in [1.807, 2.05) is 0 Å². The number of carbonyl (C=O) groups is 1. The van der Waals surface area contributed by atoms with Crippen molar-refractivity contribution in [2.45, 2.75) is 29.4 Å². The van der Waals surface area contributed by atoms with Crippen molar-refractivity contribution in [2.24, 2.45) is 0 Å². The molecule has 5 heteroatoms. The number of Topliss-reactive ketones (excluding diaryl/α,β-unsaturated/α-hetero) is 1. The lowest BCUT2D eigenvalue weighted by molar-refractivity contribution is -0.117. The van der Waals surface area contributed by atoms with Crippen LogP contribution in [-0.2, 0) is 14.6 Å². The fourth-order valence-electron chi connectivity index (χ4n) is 1.97. The molecular weight excluding hydrogens is 240 g/mol. The van der Waals surface area contributed by atoms with E-state index in [2.05, 4.69) is 0 Å². The van der Waals surface area contributed by atoms with E-state index in [9.17, 15) is 13.2 Å². The van der Waals surface area contributed by atoms with E-state index in [-0.39, 0.29) is 10.7 Å².